The van der Waals surface area contributed by atoms with Gasteiger partial charge in [0.1, 0.15) is 0 Å². The molecule has 1 nitrogen and oxygen atoms in total. The first kappa shape index (κ1) is 37.0. The highest BCUT2D eigenvalue weighted by molar-refractivity contribution is 7.26. The van der Waals surface area contributed by atoms with Crippen molar-refractivity contribution in [3.63, 3.8) is 0 Å². The first-order valence-electron chi connectivity index (χ1n) is 23.2. The molecule has 0 aliphatic heterocycles. The third kappa shape index (κ3) is 5.03. The van der Waals surface area contributed by atoms with Crippen LogP contribution >= 0.6 is 11.3 Å². The molecule has 2 heteroatoms. The monoisotopic (exact) mass is 865 g/mol. The van der Waals surface area contributed by atoms with Gasteiger partial charge in [0, 0.05) is 42.8 Å². The summed E-state index contributed by atoms with van der Waals surface area (Å²) in [5, 5.41) is 12.8. The van der Waals surface area contributed by atoms with Gasteiger partial charge in [0.25, 0.3) is 0 Å². The molecule has 1 spiro atoms. The molecule has 0 saturated heterocycles. The van der Waals surface area contributed by atoms with E-state index in [-0.39, 0.29) is 0 Å². The van der Waals surface area contributed by atoms with Crippen LogP contribution in [-0.4, -0.2) is 0 Å². The molecule has 13 aromatic rings. The zero-order valence-corrected chi connectivity index (χ0v) is 37.2. The number of hydrogen-bond acceptors (Lipinski definition) is 2. The molecular formula is C65H39NS. The molecule has 2 aliphatic carbocycles. The summed E-state index contributed by atoms with van der Waals surface area (Å²) in [4.78, 5) is 2.50. The van der Waals surface area contributed by atoms with Crippen molar-refractivity contribution in [2.45, 2.75) is 5.41 Å². The highest BCUT2D eigenvalue weighted by atomic mass is 32.1. The Hall–Kier alpha value is -8.30. The minimum Gasteiger partial charge on any atom is -0.310 e. The average Bonchev–Trinajstić information content (AvgIpc) is 4.02. The standard InChI is InChI=1S/C65H39NS/c1-2-16-45-41(15-1)37-57-55-24-10-14-28-62(55)67-64(57)63(45)40-29-31-42(32-30-40)66(43-33-35-50-48-19-4-3-17-46(48)47-18-5-6-20-49(47)56(50)38-43)44-34-36-54-53-23-9-13-27-60(53)65(61(54)39-44)58-25-11-7-21-51(58)52-22-8-12-26-59(52)65/h1-39H. The van der Waals surface area contributed by atoms with Crippen molar-refractivity contribution < 1.29 is 0 Å². The van der Waals surface area contributed by atoms with E-state index < -0.39 is 5.41 Å². The van der Waals surface area contributed by atoms with Crippen LogP contribution in [-0.2, 0) is 5.41 Å². The molecule has 0 atom stereocenters. The Bertz CT molecular complexity index is 4130. The topological polar surface area (TPSA) is 3.24 Å². The smallest absolute Gasteiger partial charge is 0.0726 e. The van der Waals surface area contributed by atoms with Crippen molar-refractivity contribution in [2.24, 2.45) is 0 Å². The Kier molecular flexibility index (Phi) is 7.65. The van der Waals surface area contributed by atoms with Crippen LogP contribution in [0.2, 0.25) is 0 Å². The summed E-state index contributed by atoms with van der Waals surface area (Å²) in [6.45, 7) is 0. The Labute approximate surface area is 392 Å². The van der Waals surface area contributed by atoms with Gasteiger partial charge in [0.15, 0.2) is 0 Å². The summed E-state index contributed by atoms with van der Waals surface area (Å²) in [7, 11) is 0. The van der Waals surface area contributed by atoms with Gasteiger partial charge in [0.2, 0.25) is 0 Å². The van der Waals surface area contributed by atoms with Gasteiger partial charge in [-0.05, 0) is 142 Å². The maximum Gasteiger partial charge on any atom is 0.0726 e. The van der Waals surface area contributed by atoms with Crippen molar-refractivity contribution in [1.29, 1.82) is 0 Å². The minimum absolute atomic E-state index is 0.451. The van der Waals surface area contributed by atoms with Crippen LogP contribution in [0, 0.1) is 0 Å². The SMILES string of the molecule is c1ccc2c(c1)-c1ccccc1C21c2ccccc2-c2ccc(N(c3ccc(-c4c5ccccc5cc5c4sc4ccccc45)cc3)c3ccc4c5ccccc5c5ccccc5c4c3)cc21. The number of thiophene rings is 1. The van der Waals surface area contributed by atoms with Crippen molar-refractivity contribution in [3.05, 3.63) is 259 Å². The largest absolute Gasteiger partial charge is 0.310 e. The quantitative estimate of drug-likeness (QED) is 0.159. The summed E-state index contributed by atoms with van der Waals surface area (Å²) in [5.74, 6) is 0. The molecule has 0 unspecified atom stereocenters. The van der Waals surface area contributed by atoms with Crippen LogP contribution < -0.4 is 4.90 Å². The van der Waals surface area contributed by atoms with E-state index in [1.54, 1.807) is 0 Å². The lowest BCUT2D eigenvalue weighted by Gasteiger charge is -2.32. The lowest BCUT2D eigenvalue weighted by Crippen LogP contribution is -2.26. The second kappa shape index (κ2) is 13.9. The molecule has 15 rings (SSSR count). The van der Waals surface area contributed by atoms with E-state index in [2.05, 4.69) is 241 Å². The van der Waals surface area contributed by atoms with Crippen molar-refractivity contribution in [3.8, 4) is 33.4 Å². The Balaban J connectivity index is 0.987. The third-order valence-corrected chi connectivity index (χ3v) is 16.2. The lowest BCUT2D eigenvalue weighted by molar-refractivity contribution is 0.793. The number of hydrogen-bond donors (Lipinski definition) is 0. The molecule has 310 valence electrons. The van der Waals surface area contributed by atoms with Crippen LogP contribution in [0.25, 0.3) is 96.6 Å². The number of nitrogens with zero attached hydrogens (tertiary/aromatic N) is 1. The van der Waals surface area contributed by atoms with Crippen LogP contribution in [0.4, 0.5) is 17.1 Å². The number of benzene rings is 12. The molecule has 0 fully saturated rings. The Morgan fingerprint density at radius 1 is 0.299 bits per heavy atom. The summed E-state index contributed by atoms with van der Waals surface area (Å²) in [6, 6.07) is 88.9. The van der Waals surface area contributed by atoms with Crippen LogP contribution in [0.5, 0.6) is 0 Å². The fraction of sp³-hybridized carbons (Fsp3) is 0.0154. The van der Waals surface area contributed by atoms with E-state index in [1.165, 1.54) is 119 Å². The van der Waals surface area contributed by atoms with Gasteiger partial charge in [0.05, 0.1) is 5.41 Å². The van der Waals surface area contributed by atoms with Gasteiger partial charge in [-0.15, -0.1) is 11.3 Å². The molecule has 1 heterocycles. The fourth-order valence-corrected chi connectivity index (χ4v) is 13.6. The highest BCUT2D eigenvalue weighted by Crippen LogP contribution is 2.63. The molecule has 0 saturated carbocycles. The summed E-state index contributed by atoms with van der Waals surface area (Å²) in [6.07, 6.45) is 0. The van der Waals surface area contributed by atoms with Crippen LogP contribution in [0.1, 0.15) is 22.3 Å². The predicted molar refractivity (Wildman–Crippen MR) is 286 cm³/mol. The molecule has 2 aliphatic rings. The first-order chi connectivity index (χ1) is 33.2. The van der Waals surface area contributed by atoms with Crippen LogP contribution in [0.3, 0.4) is 0 Å². The molecule has 0 N–H and O–H groups in total. The van der Waals surface area contributed by atoms with E-state index in [9.17, 15) is 0 Å². The average molecular weight is 866 g/mol. The molecule has 1 aromatic heterocycles. The second-order valence-electron chi connectivity index (χ2n) is 18.3. The zero-order chi connectivity index (χ0) is 43.8. The third-order valence-electron chi connectivity index (χ3n) is 15.0. The van der Waals surface area contributed by atoms with Gasteiger partial charge in [-0.2, -0.15) is 0 Å². The molecular weight excluding hydrogens is 827 g/mol. The Morgan fingerprint density at radius 2 is 0.761 bits per heavy atom. The van der Waals surface area contributed by atoms with E-state index in [1.807, 2.05) is 11.3 Å². The van der Waals surface area contributed by atoms with Crippen LogP contribution in [0.15, 0.2) is 237 Å². The predicted octanol–water partition coefficient (Wildman–Crippen LogP) is 18.1. The van der Waals surface area contributed by atoms with Crippen molar-refractivity contribution in [2.75, 3.05) is 4.90 Å². The van der Waals surface area contributed by atoms with Gasteiger partial charge in [-0.25, -0.2) is 0 Å². The van der Waals surface area contributed by atoms with E-state index >= 15 is 0 Å². The minimum atomic E-state index is -0.451. The molecule has 67 heavy (non-hydrogen) atoms. The van der Waals surface area contributed by atoms with Crippen molar-refractivity contribution >= 4 is 91.7 Å². The van der Waals surface area contributed by atoms with E-state index in [0.717, 1.165) is 17.1 Å². The highest BCUT2D eigenvalue weighted by Gasteiger charge is 2.51. The Morgan fingerprint density at radius 3 is 1.40 bits per heavy atom. The lowest BCUT2D eigenvalue weighted by atomic mass is 9.70. The zero-order valence-electron chi connectivity index (χ0n) is 36.4. The molecule has 0 radical (unpaired) electrons. The number of rotatable bonds is 4. The van der Waals surface area contributed by atoms with Gasteiger partial charge in [-0.3, -0.25) is 0 Å². The normalized spacial score (nSPS) is 13.2. The fourth-order valence-electron chi connectivity index (χ4n) is 12.3. The van der Waals surface area contributed by atoms with Crippen molar-refractivity contribution in [1.82, 2.24) is 0 Å². The van der Waals surface area contributed by atoms with E-state index in [0.29, 0.717) is 0 Å². The maximum atomic E-state index is 2.51. The summed E-state index contributed by atoms with van der Waals surface area (Å²) >= 11 is 1.90. The first-order valence-corrected chi connectivity index (χ1v) is 24.1. The van der Waals surface area contributed by atoms with Gasteiger partial charge in [-0.1, -0.05) is 188 Å². The van der Waals surface area contributed by atoms with E-state index in [4.69, 9.17) is 0 Å². The molecule has 0 amide bonds. The van der Waals surface area contributed by atoms with Gasteiger partial charge < -0.3 is 4.90 Å². The molecule has 0 bridgehead atoms. The molecule has 12 aromatic carbocycles. The number of anilines is 3. The second-order valence-corrected chi connectivity index (χ2v) is 19.3. The maximum absolute atomic E-state index is 2.51. The summed E-state index contributed by atoms with van der Waals surface area (Å²) in [5.41, 5.74) is 16.0. The van der Waals surface area contributed by atoms with Gasteiger partial charge >= 0.3 is 0 Å². The summed E-state index contributed by atoms with van der Waals surface area (Å²) < 4.78 is 2.65. The number of fused-ring (bicyclic) bond motifs is 20.